The van der Waals surface area contributed by atoms with Crippen molar-refractivity contribution in [1.82, 2.24) is 10.6 Å². The molecule has 1 saturated carbocycles. The highest BCUT2D eigenvalue weighted by Gasteiger charge is 2.48. The molecular formula is C18H18N2O5. The SMILES string of the molecule is O=C(NCc1ccco1)c1cccc(CNC(=O)C2CC2C(=O)O)c1. The highest BCUT2D eigenvalue weighted by molar-refractivity contribution is 5.94. The molecule has 2 amide bonds. The van der Waals surface area contributed by atoms with Gasteiger partial charge in [-0.15, -0.1) is 0 Å². The lowest BCUT2D eigenvalue weighted by atomic mass is 10.1. The first-order valence-electron chi connectivity index (χ1n) is 7.94. The smallest absolute Gasteiger partial charge is 0.307 e. The molecule has 3 N–H and O–H groups in total. The van der Waals surface area contributed by atoms with Crippen molar-refractivity contribution in [1.29, 1.82) is 0 Å². The second-order valence-corrected chi connectivity index (χ2v) is 5.97. The summed E-state index contributed by atoms with van der Waals surface area (Å²) in [6.07, 6.45) is 1.93. The topological polar surface area (TPSA) is 109 Å². The molecule has 1 aromatic heterocycles. The molecular weight excluding hydrogens is 324 g/mol. The highest BCUT2D eigenvalue weighted by atomic mass is 16.4. The fourth-order valence-electron chi connectivity index (χ4n) is 2.58. The monoisotopic (exact) mass is 342 g/mol. The van der Waals surface area contributed by atoms with Gasteiger partial charge in [-0.3, -0.25) is 14.4 Å². The third kappa shape index (κ3) is 4.26. The first-order chi connectivity index (χ1) is 12.0. The summed E-state index contributed by atoms with van der Waals surface area (Å²) in [4.78, 5) is 34.8. The Bertz CT molecular complexity index is 785. The van der Waals surface area contributed by atoms with Gasteiger partial charge in [-0.25, -0.2) is 0 Å². The number of carbonyl (C=O) groups excluding carboxylic acids is 2. The number of aliphatic carboxylic acids is 1. The van der Waals surface area contributed by atoms with E-state index >= 15 is 0 Å². The zero-order chi connectivity index (χ0) is 17.8. The molecule has 1 aromatic carbocycles. The van der Waals surface area contributed by atoms with Gasteiger partial charge in [-0.1, -0.05) is 12.1 Å². The molecule has 130 valence electrons. The number of hydrogen-bond acceptors (Lipinski definition) is 4. The van der Waals surface area contributed by atoms with Crippen LogP contribution in [0.2, 0.25) is 0 Å². The van der Waals surface area contributed by atoms with E-state index in [2.05, 4.69) is 10.6 Å². The summed E-state index contributed by atoms with van der Waals surface area (Å²) in [7, 11) is 0. The van der Waals surface area contributed by atoms with Crippen molar-refractivity contribution in [3.8, 4) is 0 Å². The van der Waals surface area contributed by atoms with Gasteiger partial charge >= 0.3 is 5.97 Å². The molecule has 2 aromatic rings. The molecule has 3 rings (SSSR count). The van der Waals surface area contributed by atoms with Crippen LogP contribution in [0.3, 0.4) is 0 Å². The van der Waals surface area contributed by atoms with Gasteiger partial charge in [0.1, 0.15) is 5.76 Å². The standard InChI is InChI=1S/C18H18N2O5/c21-16(20-10-13-5-2-6-25-13)12-4-1-3-11(7-12)9-19-17(22)14-8-15(14)18(23)24/h1-7,14-15H,8-10H2,(H,19,22)(H,20,21)(H,23,24). The maximum Gasteiger partial charge on any atom is 0.307 e. The van der Waals surface area contributed by atoms with Gasteiger partial charge in [0.2, 0.25) is 5.91 Å². The van der Waals surface area contributed by atoms with Gasteiger partial charge in [0.25, 0.3) is 5.91 Å². The molecule has 0 aliphatic heterocycles. The van der Waals surface area contributed by atoms with E-state index in [1.165, 1.54) is 0 Å². The number of nitrogens with one attached hydrogen (secondary N) is 2. The van der Waals surface area contributed by atoms with E-state index in [0.29, 0.717) is 24.3 Å². The predicted octanol–water partition coefficient (Wildman–Crippen LogP) is 1.55. The average molecular weight is 342 g/mol. The van der Waals surface area contributed by atoms with Crippen LogP contribution in [0.25, 0.3) is 0 Å². The third-order valence-electron chi connectivity index (χ3n) is 4.10. The molecule has 0 radical (unpaired) electrons. The normalized spacial score (nSPS) is 18.4. The molecule has 0 spiro atoms. The number of benzene rings is 1. The lowest BCUT2D eigenvalue weighted by molar-refractivity contribution is -0.140. The zero-order valence-electron chi connectivity index (χ0n) is 13.4. The Hall–Kier alpha value is -3.09. The predicted molar refractivity (Wildman–Crippen MR) is 87.4 cm³/mol. The second kappa shape index (κ2) is 7.21. The molecule has 1 heterocycles. The fourth-order valence-corrected chi connectivity index (χ4v) is 2.58. The number of hydrogen-bond donors (Lipinski definition) is 3. The summed E-state index contributed by atoms with van der Waals surface area (Å²) < 4.78 is 5.16. The molecule has 7 nitrogen and oxygen atoms in total. The van der Waals surface area contributed by atoms with Crippen molar-refractivity contribution < 1.29 is 23.9 Å². The van der Waals surface area contributed by atoms with Gasteiger partial charge in [0.05, 0.1) is 24.6 Å². The van der Waals surface area contributed by atoms with Crippen molar-refractivity contribution >= 4 is 17.8 Å². The number of carbonyl (C=O) groups is 3. The maximum atomic E-state index is 12.2. The molecule has 2 atom stereocenters. The minimum absolute atomic E-state index is 0.238. The summed E-state index contributed by atoms with van der Waals surface area (Å²) in [6.45, 7) is 0.548. The summed E-state index contributed by atoms with van der Waals surface area (Å²) in [6, 6.07) is 10.4. The number of carboxylic acids is 1. The third-order valence-corrected chi connectivity index (χ3v) is 4.10. The quantitative estimate of drug-likeness (QED) is 0.707. The van der Waals surface area contributed by atoms with Crippen LogP contribution in [0.15, 0.2) is 47.1 Å². The zero-order valence-corrected chi connectivity index (χ0v) is 13.4. The van der Waals surface area contributed by atoms with E-state index in [-0.39, 0.29) is 18.4 Å². The summed E-state index contributed by atoms with van der Waals surface area (Å²) >= 11 is 0. The van der Waals surface area contributed by atoms with Crippen LogP contribution in [0.1, 0.15) is 28.1 Å². The van der Waals surface area contributed by atoms with E-state index in [4.69, 9.17) is 9.52 Å². The summed E-state index contributed by atoms with van der Waals surface area (Å²) in [5.41, 5.74) is 1.25. The number of rotatable bonds is 7. The summed E-state index contributed by atoms with van der Waals surface area (Å²) in [5.74, 6) is -1.79. The van der Waals surface area contributed by atoms with Crippen molar-refractivity contribution in [2.24, 2.45) is 11.8 Å². The first-order valence-corrected chi connectivity index (χ1v) is 7.94. The van der Waals surface area contributed by atoms with Gasteiger partial charge in [-0.05, 0) is 36.2 Å². The largest absolute Gasteiger partial charge is 0.481 e. The molecule has 25 heavy (non-hydrogen) atoms. The lowest BCUT2D eigenvalue weighted by Gasteiger charge is -2.07. The van der Waals surface area contributed by atoms with E-state index in [9.17, 15) is 14.4 Å². The van der Waals surface area contributed by atoms with E-state index in [1.54, 1.807) is 42.7 Å². The van der Waals surface area contributed by atoms with Gasteiger partial charge in [-0.2, -0.15) is 0 Å². The second-order valence-electron chi connectivity index (χ2n) is 5.97. The van der Waals surface area contributed by atoms with Crippen molar-refractivity contribution in [2.45, 2.75) is 19.5 Å². The van der Waals surface area contributed by atoms with Crippen LogP contribution >= 0.6 is 0 Å². The lowest BCUT2D eigenvalue weighted by Crippen LogP contribution is -2.26. The van der Waals surface area contributed by atoms with Crippen LogP contribution in [0.5, 0.6) is 0 Å². The van der Waals surface area contributed by atoms with Crippen LogP contribution in [0.4, 0.5) is 0 Å². The molecule has 0 saturated heterocycles. The Morgan fingerprint density at radius 3 is 2.60 bits per heavy atom. The molecule has 0 bridgehead atoms. The Morgan fingerprint density at radius 1 is 1.08 bits per heavy atom. The minimum Gasteiger partial charge on any atom is -0.481 e. The van der Waals surface area contributed by atoms with E-state index in [1.807, 2.05) is 0 Å². The molecule has 1 aliphatic carbocycles. The Kier molecular flexibility index (Phi) is 4.83. The minimum atomic E-state index is -0.935. The number of furan rings is 1. The molecule has 1 fully saturated rings. The first kappa shape index (κ1) is 16.8. The van der Waals surface area contributed by atoms with Crippen molar-refractivity contribution in [3.05, 3.63) is 59.5 Å². The Balaban J connectivity index is 1.51. The van der Waals surface area contributed by atoms with Crippen LogP contribution < -0.4 is 10.6 Å². The Morgan fingerprint density at radius 2 is 1.92 bits per heavy atom. The number of carboxylic acid groups (broad SMARTS) is 1. The van der Waals surface area contributed by atoms with Crippen molar-refractivity contribution in [2.75, 3.05) is 0 Å². The highest BCUT2D eigenvalue weighted by Crippen LogP contribution is 2.38. The molecule has 7 heteroatoms. The van der Waals surface area contributed by atoms with Crippen molar-refractivity contribution in [3.63, 3.8) is 0 Å². The molecule has 1 aliphatic rings. The van der Waals surface area contributed by atoms with Crippen LogP contribution in [-0.2, 0) is 22.7 Å². The average Bonchev–Trinajstić information content (AvgIpc) is 3.26. The maximum absolute atomic E-state index is 12.2. The van der Waals surface area contributed by atoms with Gasteiger partial charge in [0.15, 0.2) is 0 Å². The Labute approximate surface area is 144 Å². The van der Waals surface area contributed by atoms with Crippen LogP contribution in [-0.4, -0.2) is 22.9 Å². The molecule has 2 unspecified atom stereocenters. The van der Waals surface area contributed by atoms with Gasteiger partial charge < -0.3 is 20.2 Å². The van der Waals surface area contributed by atoms with Crippen LogP contribution in [0, 0.1) is 11.8 Å². The van der Waals surface area contributed by atoms with E-state index in [0.717, 1.165) is 5.56 Å². The van der Waals surface area contributed by atoms with Gasteiger partial charge in [0, 0.05) is 12.1 Å². The number of amides is 2. The van der Waals surface area contributed by atoms with E-state index < -0.39 is 17.8 Å². The fraction of sp³-hybridized carbons (Fsp3) is 0.278. The summed E-state index contributed by atoms with van der Waals surface area (Å²) in [5, 5.41) is 14.3.